The molecule has 0 aliphatic rings. The van der Waals surface area contributed by atoms with Gasteiger partial charge >= 0.3 is 0 Å². The molecule has 0 saturated heterocycles. The molecule has 0 aliphatic heterocycles. The summed E-state index contributed by atoms with van der Waals surface area (Å²) >= 11 is 0. The summed E-state index contributed by atoms with van der Waals surface area (Å²) < 4.78 is 60.6. The molecule has 0 aliphatic carbocycles. The van der Waals surface area contributed by atoms with E-state index in [0.29, 0.717) is 45.3 Å². The topological polar surface area (TPSA) is 56.7 Å². The highest BCUT2D eigenvalue weighted by atomic mass is 16.3. The minimum Gasteiger partial charge on any atom is -0.456 e. The van der Waals surface area contributed by atoms with Crippen molar-refractivity contribution in [1.82, 2.24) is 19.5 Å². The molecule has 0 spiro atoms. The number of para-hydroxylation sites is 2. The van der Waals surface area contributed by atoms with E-state index in [1.54, 1.807) is 4.57 Å². The van der Waals surface area contributed by atoms with E-state index in [2.05, 4.69) is 24.3 Å². The van der Waals surface area contributed by atoms with Gasteiger partial charge in [0.25, 0.3) is 0 Å². The SMILES string of the molecule is [2H]c1cc([2H])c2c(c1[2H])c1c([2H])cc([2H])c([2H])c1n2-c1cccc2oc3cc(-c4nc(-c5ccccc5)nc(-c5cccc(-c6ccccc6)c5)n4)ccc3c12. The van der Waals surface area contributed by atoms with Gasteiger partial charge in [-0.1, -0.05) is 127 Å². The Kier molecular flexibility index (Phi) is 5.17. The van der Waals surface area contributed by atoms with E-state index in [1.165, 1.54) is 12.1 Å². The van der Waals surface area contributed by atoms with Gasteiger partial charge in [-0.2, -0.15) is 0 Å². The van der Waals surface area contributed by atoms with Crippen LogP contribution in [0, 0.1) is 0 Å². The zero-order chi connectivity index (χ0) is 38.2. The van der Waals surface area contributed by atoms with E-state index >= 15 is 0 Å². The minimum atomic E-state index is -0.150. The van der Waals surface area contributed by atoms with Crippen LogP contribution in [0.15, 0.2) is 174 Å². The van der Waals surface area contributed by atoms with Gasteiger partial charge < -0.3 is 8.98 Å². The Hall–Kier alpha value is -6.85. The highest BCUT2D eigenvalue weighted by Gasteiger charge is 2.19. The van der Waals surface area contributed by atoms with Crippen molar-refractivity contribution in [2.24, 2.45) is 0 Å². The third-order valence-corrected chi connectivity index (χ3v) is 9.00. The van der Waals surface area contributed by atoms with Crippen LogP contribution in [0.3, 0.4) is 0 Å². The predicted molar refractivity (Wildman–Crippen MR) is 203 cm³/mol. The summed E-state index contributed by atoms with van der Waals surface area (Å²) in [6, 6.07) is 41.2. The van der Waals surface area contributed by atoms with Crippen molar-refractivity contribution in [1.29, 1.82) is 0 Å². The average molecular weight is 647 g/mol. The summed E-state index contributed by atoms with van der Waals surface area (Å²) in [5, 5.41) is 1.93. The lowest BCUT2D eigenvalue weighted by atomic mass is 10.0. The molecule has 5 nitrogen and oxygen atoms in total. The van der Waals surface area contributed by atoms with Gasteiger partial charge in [-0.3, -0.25) is 0 Å². The Morgan fingerprint density at radius 1 is 0.440 bits per heavy atom. The normalized spacial score (nSPS) is 13.3. The summed E-state index contributed by atoms with van der Waals surface area (Å²) in [4.78, 5) is 14.9. The summed E-state index contributed by atoms with van der Waals surface area (Å²) in [6.45, 7) is 0. The van der Waals surface area contributed by atoms with Gasteiger partial charge in [0.15, 0.2) is 17.5 Å². The first kappa shape index (κ1) is 22.7. The van der Waals surface area contributed by atoms with Crippen LogP contribution in [0.4, 0.5) is 0 Å². The van der Waals surface area contributed by atoms with Crippen molar-refractivity contribution in [3.63, 3.8) is 0 Å². The van der Waals surface area contributed by atoms with Gasteiger partial charge in [0.2, 0.25) is 0 Å². The fourth-order valence-corrected chi connectivity index (χ4v) is 6.71. The van der Waals surface area contributed by atoms with Gasteiger partial charge in [-0.25, -0.2) is 15.0 Å². The van der Waals surface area contributed by atoms with Gasteiger partial charge in [0.05, 0.1) is 30.3 Å². The molecule has 0 N–H and O–H groups in total. The molecule has 0 unspecified atom stereocenters. The maximum absolute atomic E-state index is 8.97. The summed E-state index contributed by atoms with van der Waals surface area (Å²) in [7, 11) is 0. The first-order chi connectivity index (χ1) is 27.2. The Labute approximate surface area is 296 Å². The zero-order valence-corrected chi connectivity index (χ0v) is 26.4. The minimum absolute atomic E-state index is 0.0243. The molecule has 7 aromatic carbocycles. The van der Waals surface area contributed by atoms with Crippen LogP contribution in [0.1, 0.15) is 8.22 Å². The number of hydrogen-bond donors (Lipinski definition) is 0. The molecular weight excluding hydrogens is 613 g/mol. The predicted octanol–water partition coefficient (Wildman–Crippen LogP) is 11.5. The summed E-state index contributed by atoms with van der Waals surface area (Å²) in [5.41, 5.74) is 6.69. The largest absolute Gasteiger partial charge is 0.456 e. The number of hydrogen-bond acceptors (Lipinski definition) is 4. The van der Waals surface area contributed by atoms with Crippen LogP contribution in [-0.2, 0) is 0 Å². The van der Waals surface area contributed by atoms with Crippen molar-refractivity contribution in [3.8, 4) is 51.0 Å². The molecule has 0 atom stereocenters. The van der Waals surface area contributed by atoms with E-state index in [-0.39, 0.29) is 58.1 Å². The van der Waals surface area contributed by atoms with Crippen LogP contribution in [0.2, 0.25) is 0 Å². The van der Waals surface area contributed by atoms with Gasteiger partial charge in [-0.05, 0) is 53.5 Å². The van der Waals surface area contributed by atoms with Crippen LogP contribution in [0.25, 0.3) is 94.7 Å². The van der Waals surface area contributed by atoms with Crippen molar-refractivity contribution in [2.75, 3.05) is 0 Å². The Bertz CT molecular complexity index is 3220. The van der Waals surface area contributed by atoms with Gasteiger partial charge in [0, 0.05) is 32.8 Å². The van der Waals surface area contributed by atoms with E-state index < -0.39 is 0 Å². The molecule has 0 bridgehead atoms. The smallest absolute Gasteiger partial charge is 0.164 e. The monoisotopic (exact) mass is 646 g/mol. The number of rotatable bonds is 5. The van der Waals surface area contributed by atoms with Crippen LogP contribution < -0.4 is 0 Å². The molecule has 10 aromatic rings. The average Bonchev–Trinajstić information content (AvgIpc) is 3.80. The quantitative estimate of drug-likeness (QED) is 0.187. The summed E-state index contributed by atoms with van der Waals surface area (Å²) in [6.07, 6.45) is 0. The maximum Gasteiger partial charge on any atom is 0.164 e. The van der Waals surface area contributed by atoms with E-state index in [9.17, 15) is 0 Å². The highest BCUT2D eigenvalue weighted by Crippen LogP contribution is 2.39. The number of fused-ring (bicyclic) bond motifs is 6. The number of nitrogens with zero attached hydrogens (tertiary/aromatic N) is 4. The number of benzene rings is 7. The fourth-order valence-electron chi connectivity index (χ4n) is 6.71. The van der Waals surface area contributed by atoms with Crippen LogP contribution in [-0.4, -0.2) is 19.5 Å². The second-order valence-electron chi connectivity index (χ2n) is 12.0. The van der Waals surface area contributed by atoms with Gasteiger partial charge in [-0.15, -0.1) is 0 Å². The van der Waals surface area contributed by atoms with Crippen molar-refractivity contribution in [3.05, 3.63) is 170 Å². The molecule has 0 amide bonds. The Morgan fingerprint density at radius 3 is 1.88 bits per heavy atom. The van der Waals surface area contributed by atoms with Crippen molar-refractivity contribution < 1.29 is 12.6 Å². The van der Waals surface area contributed by atoms with Gasteiger partial charge in [0.1, 0.15) is 11.2 Å². The van der Waals surface area contributed by atoms with E-state index in [1.807, 2.05) is 97.1 Å². The third-order valence-electron chi connectivity index (χ3n) is 9.00. The zero-order valence-electron chi connectivity index (χ0n) is 32.4. The molecule has 5 heteroatoms. The highest BCUT2D eigenvalue weighted by molar-refractivity contribution is 6.14. The Morgan fingerprint density at radius 2 is 1.06 bits per heavy atom. The first-order valence-electron chi connectivity index (χ1n) is 19.2. The van der Waals surface area contributed by atoms with E-state index in [0.717, 1.165) is 27.6 Å². The number of aromatic nitrogens is 4. The molecular formula is C45H28N4O. The van der Waals surface area contributed by atoms with Crippen LogP contribution in [0.5, 0.6) is 0 Å². The molecule has 0 radical (unpaired) electrons. The number of furan rings is 1. The van der Waals surface area contributed by atoms with Crippen LogP contribution >= 0.6 is 0 Å². The lowest BCUT2D eigenvalue weighted by molar-refractivity contribution is 0.669. The molecule has 10 rings (SSSR count). The van der Waals surface area contributed by atoms with Crippen molar-refractivity contribution >= 4 is 43.7 Å². The fraction of sp³-hybridized carbons (Fsp3) is 0. The molecule has 50 heavy (non-hydrogen) atoms. The molecule has 0 saturated carbocycles. The molecule has 3 heterocycles. The second-order valence-corrected chi connectivity index (χ2v) is 12.0. The standard InChI is InChI=1S/C45H28N4O/c1-3-13-29(14-4-1)31-17-11-18-32(27-31)44-46-43(30-15-5-2-6-16-30)47-45(48-44)33-25-26-36-41(28-33)50-40-24-12-23-39(42(36)40)49-37-21-9-7-19-34(37)35-20-8-10-22-38(35)49/h1-28H/i7D,10D,19D,20D,21D,22D. The molecule has 234 valence electrons. The molecule has 0 fully saturated rings. The Balaban J connectivity index is 1.19. The second kappa shape index (κ2) is 11.4. The lowest BCUT2D eigenvalue weighted by Crippen LogP contribution is -2.00. The maximum atomic E-state index is 8.97. The first-order valence-corrected chi connectivity index (χ1v) is 16.2. The lowest BCUT2D eigenvalue weighted by Gasteiger charge is -2.10. The summed E-state index contributed by atoms with van der Waals surface area (Å²) in [5.74, 6) is 1.51. The van der Waals surface area contributed by atoms with E-state index in [4.69, 9.17) is 27.6 Å². The van der Waals surface area contributed by atoms with Crippen molar-refractivity contribution in [2.45, 2.75) is 0 Å². The molecule has 3 aromatic heterocycles. The third kappa shape index (κ3) is 4.60.